The molecule has 1 aromatic carbocycles. The summed E-state index contributed by atoms with van der Waals surface area (Å²) in [6, 6.07) is 10.9. The van der Waals surface area contributed by atoms with Gasteiger partial charge in [-0.2, -0.15) is 0 Å². The van der Waals surface area contributed by atoms with E-state index in [0.29, 0.717) is 16.4 Å². The van der Waals surface area contributed by atoms with Crippen LogP contribution in [0.5, 0.6) is 0 Å². The molecule has 0 unspecified atom stereocenters. The molecule has 0 spiro atoms. The summed E-state index contributed by atoms with van der Waals surface area (Å²) in [7, 11) is 0. The second-order valence-electron chi connectivity index (χ2n) is 4.61. The van der Waals surface area contributed by atoms with Gasteiger partial charge in [-0.05, 0) is 43.7 Å². The summed E-state index contributed by atoms with van der Waals surface area (Å²) in [6.07, 6.45) is -0.812. The van der Waals surface area contributed by atoms with E-state index in [2.05, 4.69) is 5.32 Å². The van der Waals surface area contributed by atoms with Gasteiger partial charge in [0.05, 0.1) is 0 Å². The molecular formula is C16H16ClNO3S. The molecule has 116 valence electrons. The summed E-state index contributed by atoms with van der Waals surface area (Å²) >= 11 is 7.18. The number of likely N-dealkylation sites (N-methyl/N-ethyl adjacent to an activating group) is 1. The predicted octanol–water partition coefficient (Wildman–Crippen LogP) is 3.75. The first-order valence-electron chi connectivity index (χ1n) is 6.85. The standard InChI is InChI=1S/C16H16ClNO3S/c1-3-18-15(19)10(2)21-16(20)14-9-8-13(22-14)11-4-6-12(17)7-5-11/h4-10H,3H2,1-2H3,(H,18,19)/t10-/m0/s1. The van der Waals surface area contributed by atoms with Crippen LogP contribution in [0.1, 0.15) is 23.5 Å². The van der Waals surface area contributed by atoms with E-state index in [9.17, 15) is 9.59 Å². The molecule has 0 saturated carbocycles. The average Bonchev–Trinajstić information content (AvgIpc) is 2.98. The number of hydrogen-bond donors (Lipinski definition) is 1. The van der Waals surface area contributed by atoms with E-state index < -0.39 is 12.1 Å². The lowest BCUT2D eigenvalue weighted by Crippen LogP contribution is -2.35. The summed E-state index contributed by atoms with van der Waals surface area (Å²) in [6.45, 7) is 3.86. The molecule has 0 bridgehead atoms. The molecule has 1 aromatic heterocycles. The number of ether oxygens (including phenoxy) is 1. The fraction of sp³-hybridized carbons (Fsp3) is 0.250. The van der Waals surface area contributed by atoms with Crippen LogP contribution < -0.4 is 5.32 Å². The Bertz CT molecular complexity index is 666. The number of benzene rings is 1. The van der Waals surface area contributed by atoms with Gasteiger partial charge in [0.1, 0.15) is 4.88 Å². The molecule has 0 saturated heterocycles. The van der Waals surface area contributed by atoms with Crippen LogP contribution >= 0.6 is 22.9 Å². The van der Waals surface area contributed by atoms with Gasteiger partial charge in [0.15, 0.2) is 6.10 Å². The van der Waals surface area contributed by atoms with Crippen molar-refractivity contribution in [1.29, 1.82) is 0 Å². The second-order valence-corrected chi connectivity index (χ2v) is 6.13. The summed E-state index contributed by atoms with van der Waals surface area (Å²) in [4.78, 5) is 25.0. The quantitative estimate of drug-likeness (QED) is 0.845. The van der Waals surface area contributed by atoms with E-state index in [1.54, 1.807) is 25.1 Å². The van der Waals surface area contributed by atoms with Crippen LogP contribution in [0.25, 0.3) is 10.4 Å². The van der Waals surface area contributed by atoms with Crippen molar-refractivity contribution in [2.75, 3.05) is 6.54 Å². The molecule has 0 aliphatic heterocycles. The molecule has 0 radical (unpaired) electrons. The molecule has 4 nitrogen and oxygen atoms in total. The minimum Gasteiger partial charge on any atom is -0.448 e. The van der Waals surface area contributed by atoms with Crippen LogP contribution in [0.15, 0.2) is 36.4 Å². The van der Waals surface area contributed by atoms with Crippen LogP contribution in [0.2, 0.25) is 5.02 Å². The van der Waals surface area contributed by atoms with E-state index in [1.807, 2.05) is 25.1 Å². The van der Waals surface area contributed by atoms with Crippen LogP contribution in [-0.4, -0.2) is 24.5 Å². The molecule has 1 amide bonds. The number of hydrogen-bond acceptors (Lipinski definition) is 4. The molecule has 1 atom stereocenters. The molecule has 1 heterocycles. The van der Waals surface area contributed by atoms with Gasteiger partial charge < -0.3 is 10.1 Å². The number of esters is 1. The van der Waals surface area contributed by atoms with Crippen molar-refractivity contribution >= 4 is 34.8 Å². The Balaban J connectivity index is 2.06. The molecule has 1 N–H and O–H groups in total. The van der Waals surface area contributed by atoms with E-state index in [-0.39, 0.29) is 5.91 Å². The number of amides is 1. The van der Waals surface area contributed by atoms with E-state index in [0.717, 1.165) is 10.4 Å². The Hall–Kier alpha value is -1.85. The molecule has 22 heavy (non-hydrogen) atoms. The first-order chi connectivity index (χ1) is 10.5. The zero-order valence-electron chi connectivity index (χ0n) is 12.3. The molecule has 0 aliphatic rings. The van der Waals surface area contributed by atoms with Crippen molar-refractivity contribution in [2.24, 2.45) is 0 Å². The number of thiophene rings is 1. The smallest absolute Gasteiger partial charge is 0.349 e. The Morgan fingerprint density at radius 2 is 1.91 bits per heavy atom. The highest BCUT2D eigenvalue weighted by atomic mass is 35.5. The third-order valence-electron chi connectivity index (χ3n) is 2.94. The highest BCUT2D eigenvalue weighted by Gasteiger charge is 2.19. The van der Waals surface area contributed by atoms with E-state index in [4.69, 9.17) is 16.3 Å². The highest BCUT2D eigenvalue weighted by Crippen LogP contribution is 2.29. The number of nitrogens with one attached hydrogen (secondary N) is 1. The zero-order chi connectivity index (χ0) is 16.1. The number of carbonyl (C=O) groups excluding carboxylic acids is 2. The molecule has 6 heteroatoms. The van der Waals surface area contributed by atoms with Gasteiger partial charge in [0, 0.05) is 16.4 Å². The molecule has 2 rings (SSSR count). The lowest BCUT2D eigenvalue weighted by atomic mass is 10.2. The third kappa shape index (κ3) is 4.08. The monoisotopic (exact) mass is 337 g/mol. The minimum atomic E-state index is -0.812. The maximum atomic E-state index is 12.0. The van der Waals surface area contributed by atoms with Gasteiger partial charge in [0.25, 0.3) is 5.91 Å². The van der Waals surface area contributed by atoms with Crippen LogP contribution in [0.4, 0.5) is 0 Å². The number of rotatable bonds is 5. The van der Waals surface area contributed by atoms with Gasteiger partial charge in [-0.1, -0.05) is 23.7 Å². The first kappa shape index (κ1) is 16.5. The minimum absolute atomic E-state index is 0.301. The Labute approximate surface area is 138 Å². The van der Waals surface area contributed by atoms with E-state index >= 15 is 0 Å². The van der Waals surface area contributed by atoms with Gasteiger partial charge >= 0.3 is 5.97 Å². The topological polar surface area (TPSA) is 55.4 Å². The van der Waals surface area contributed by atoms with Crippen molar-refractivity contribution in [3.05, 3.63) is 46.3 Å². The third-order valence-corrected chi connectivity index (χ3v) is 4.31. The van der Waals surface area contributed by atoms with Crippen molar-refractivity contribution < 1.29 is 14.3 Å². The van der Waals surface area contributed by atoms with Crippen molar-refractivity contribution in [2.45, 2.75) is 20.0 Å². The van der Waals surface area contributed by atoms with Crippen molar-refractivity contribution in [3.8, 4) is 10.4 Å². The summed E-state index contributed by atoms with van der Waals surface area (Å²) in [5.41, 5.74) is 0.977. The van der Waals surface area contributed by atoms with Crippen molar-refractivity contribution in [1.82, 2.24) is 5.32 Å². The average molecular weight is 338 g/mol. The Morgan fingerprint density at radius 1 is 1.23 bits per heavy atom. The predicted molar refractivity (Wildman–Crippen MR) is 88.3 cm³/mol. The van der Waals surface area contributed by atoms with Crippen molar-refractivity contribution in [3.63, 3.8) is 0 Å². The summed E-state index contributed by atoms with van der Waals surface area (Å²) in [5, 5.41) is 3.28. The lowest BCUT2D eigenvalue weighted by Gasteiger charge is -2.11. The normalized spacial score (nSPS) is 11.8. The number of halogens is 1. The fourth-order valence-electron chi connectivity index (χ4n) is 1.81. The summed E-state index contributed by atoms with van der Waals surface area (Å²) in [5.74, 6) is -0.797. The molecular weight excluding hydrogens is 322 g/mol. The van der Waals surface area contributed by atoms with Gasteiger partial charge in [-0.25, -0.2) is 4.79 Å². The fourth-order valence-corrected chi connectivity index (χ4v) is 2.83. The van der Waals surface area contributed by atoms with Crippen LogP contribution in [0.3, 0.4) is 0 Å². The molecule has 0 aliphatic carbocycles. The Kier molecular flexibility index (Phi) is 5.57. The summed E-state index contributed by atoms with van der Waals surface area (Å²) < 4.78 is 5.16. The van der Waals surface area contributed by atoms with Gasteiger partial charge in [-0.15, -0.1) is 11.3 Å². The Morgan fingerprint density at radius 3 is 2.55 bits per heavy atom. The lowest BCUT2D eigenvalue weighted by molar-refractivity contribution is -0.128. The van der Waals surface area contributed by atoms with Gasteiger partial charge in [-0.3, -0.25) is 4.79 Å². The van der Waals surface area contributed by atoms with E-state index in [1.165, 1.54) is 11.3 Å². The highest BCUT2D eigenvalue weighted by molar-refractivity contribution is 7.17. The number of carbonyl (C=O) groups is 2. The zero-order valence-corrected chi connectivity index (χ0v) is 13.8. The molecule has 2 aromatic rings. The maximum absolute atomic E-state index is 12.0. The SMILES string of the molecule is CCNC(=O)[C@H](C)OC(=O)c1ccc(-c2ccc(Cl)cc2)s1. The molecule has 0 fully saturated rings. The maximum Gasteiger partial charge on any atom is 0.349 e. The van der Waals surface area contributed by atoms with Gasteiger partial charge in [0.2, 0.25) is 0 Å². The first-order valence-corrected chi connectivity index (χ1v) is 8.05. The van der Waals surface area contributed by atoms with Crippen LogP contribution in [0, 0.1) is 0 Å². The second kappa shape index (κ2) is 7.42. The largest absolute Gasteiger partial charge is 0.448 e. The van der Waals surface area contributed by atoms with Crippen LogP contribution in [-0.2, 0) is 9.53 Å².